The molecule has 1 fully saturated rings. The van der Waals surface area contributed by atoms with Gasteiger partial charge in [0.05, 0.1) is 11.5 Å². The third kappa shape index (κ3) is 3.33. The Balaban J connectivity index is 2.23. The molecule has 106 valence electrons. The summed E-state index contributed by atoms with van der Waals surface area (Å²) in [7, 11) is -3.54. The first kappa shape index (κ1) is 14.5. The van der Waals surface area contributed by atoms with E-state index in [4.69, 9.17) is 4.74 Å². The maximum atomic E-state index is 12.4. The minimum Gasteiger partial charge on any atom is -0.392 e. The van der Waals surface area contributed by atoms with Crippen LogP contribution in [0.15, 0.2) is 23.1 Å². The van der Waals surface area contributed by atoms with Gasteiger partial charge in [0.1, 0.15) is 0 Å². The van der Waals surface area contributed by atoms with Gasteiger partial charge in [-0.05, 0) is 37.0 Å². The quantitative estimate of drug-likeness (QED) is 0.863. The molecule has 1 aromatic rings. The highest BCUT2D eigenvalue weighted by Gasteiger charge is 2.23. The Labute approximate surface area is 113 Å². The van der Waals surface area contributed by atoms with E-state index in [-0.39, 0.29) is 17.5 Å². The number of ether oxygens (including phenoxy) is 1. The smallest absolute Gasteiger partial charge is 0.241 e. The zero-order valence-electron chi connectivity index (χ0n) is 10.9. The molecule has 0 bridgehead atoms. The van der Waals surface area contributed by atoms with Crippen molar-refractivity contribution in [3.05, 3.63) is 29.3 Å². The molecule has 0 spiro atoms. The molecule has 2 rings (SSSR count). The molecule has 0 aromatic heterocycles. The Morgan fingerprint density at radius 3 is 2.68 bits per heavy atom. The van der Waals surface area contributed by atoms with Crippen molar-refractivity contribution in [1.29, 1.82) is 0 Å². The molecule has 5 nitrogen and oxygen atoms in total. The largest absolute Gasteiger partial charge is 0.392 e. The molecular formula is C13H19NO4S. The van der Waals surface area contributed by atoms with E-state index < -0.39 is 10.0 Å². The molecule has 0 saturated carbocycles. The Kier molecular flexibility index (Phi) is 4.57. The molecule has 6 heteroatoms. The predicted octanol–water partition coefficient (Wildman–Crippen LogP) is 0.945. The Bertz CT molecular complexity index is 536. The zero-order valence-corrected chi connectivity index (χ0v) is 11.7. The van der Waals surface area contributed by atoms with Gasteiger partial charge < -0.3 is 9.84 Å². The molecule has 19 heavy (non-hydrogen) atoms. The SMILES string of the molecule is Cc1c(CO)cccc1S(=O)(=O)NC1CCOCC1. The van der Waals surface area contributed by atoms with Gasteiger partial charge in [0.2, 0.25) is 10.0 Å². The van der Waals surface area contributed by atoms with Crippen molar-refractivity contribution in [2.45, 2.75) is 37.3 Å². The fourth-order valence-electron chi connectivity index (χ4n) is 2.22. The van der Waals surface area contributed by atoms with Crippen molar-refractivity contribution in [2.24, 2.45) is 0 Å². The number of aliphatic hydroxyl groups excluding tert-OH is 1. The number of benzene rings is 1. The topological polar surface area (TPSA) is 75.6 Å². The van der Waals surface area contributed by atoms with Gasteiger partial charge in [-0.25, -0.2) is 13.1 Å². The monoisotopic (exact) mass is 285 g/mol. The van der Waals surface area contributed by atoms with Gasteiger partial charge in [0.15, 0.2) is 0 Å². The predicted molar refractivity (Wildman–Crippen MR) is 71.3 cm³/mol. The third-order valence-electron chi connectivity index (χ3n) is 3.40. The van der Waals surface area contributed by atoms with E-state index in [1.54, 1.807) is 25.1 Å². The average Bonchev–Trinajstić information content (AvgIpc) is 2.39. The summed E-state index contributed by atoms with van der Waals surface area (Å²) in [4.78, 5) is 0.241. The summed E-state index contributed by atoms with van der Waals surface area (Å²) in [5.74, 6) is 0. The third-order valence-corrected chi connectivity index (χ3v) is 5.06. The highest BCUT2D eigenvalue weighted by Crippen LogP contribution is 2.20. The van der Waals surface area contributed by atoms with E-state index >= 15 is 0 Å². The normalized spacial score (nSPS) is 17.6. The fourth-order valence-corrected chi connectivity index (χ4v) is 3.81. The molecule has 0 amide bonds. The molecule has 2 N–H and O–H groups in total. The van der Waals surface area contributed by atoms with Crippen LogP contribution in [0.4, 0.5) is 0 Å². The lowest BCUT2D eigenvalue weighted by atomic mass is 10.1. The van der Waals surface area contributed by atoms with Crippen LogP contribution in [-0.2, 0) is 21.4 Å². The second-order valence-corrected chi connectivity index (χ2v) is 6.39. The summed E-state index contributed by atoms with van der Waals surface area (Å²) in [5, 5.41) is 9.20. The summed E-state index contributed by atoms with van der Waals surface area (Å²) in [5.41, 5.74) is 1.24. The van der Waals surface area contributed by atoms with E-state index in [1.807, 2.05) is 0 Å². The zero-order chi connectivity index (χ0) is 13.9. The summed E-state index contributed by atoms with van der Waals surface area (Å²) < 4.78 is 32.6. The Morgan fingerprint density at radius 2 is 2.05 bits per heavy atom. The number of nitrogens with one attached hydrogen (secondary N) is 1. The van der Waals surface area contributed by atoms with Crippen molar-refractivity contribution in [3.63, 3.8) is 0 Å². The van der Waals surface area contributed by atoms with Crippen LogP contribution in [0.3, 0.4) is 0 Å². The van der Waals surface area contributed by atoms with Crippen molar-refractivity contribution in [3.8, 4) is 0 Å². The van der Waals surface area contributed by atoms with Gasteiger partial charge >= 0.3 is 0 Å². The van der Waals surface area contributed by atoms with E-state index in [0.29, 0.717) is 37.2 Å². The maximum Gasteiger partial charge on any atom is 0.241 e. The number of rotatable bonds is 4. The van der Waals surface area contributed by atoms with E-state index in [2.05, 4.69) is 4.72 Å². The molecule has 1 saturated heterocycles. The van der Waals surface area contributed by atoms with Crippen LogP contribution < -0.4 is 4.72 Å². The van der Waals surface area contributed by atoms with Gasteiger partial charge in [-0.15, -0.1) is 0 Å². The average molecular weight is 285 g/mol. The van der Waals surface area contributed by atoms with E-state index in [1.165, 1.54) is 0 Å². The lowest BCUT2D eigenvalue weighted by molar-refractivity contribution is 0.0832. The molecule has 1 heterocycles. The van der Waals surface area contributed by atoms with Crippen LogP contribution >= 0.6 is 0 Å². The molecule has 1 aromatic carbocycles. The standard InChI is InChI=1S/C13H19NO4S/c1-10-11(9-15)3-2-4-13(10)19(16,17)14-12-5-7-18-8-6-12/h2-4,12,14-15H,5-9H2,1H3. The van der Waals surface area contributed by atoms with Crippen LogP contribution in [0.2, 0.25) is 0 Å². The number of hydrogen-bond donors (Lipinski definition) is 2. The lowest BCUT2D eigenvalue weighted by Crippen LogP contribution is -2.39. The maximum absolute atomic E-state index is 12.4. The molecule has 1 aliphatic heterocycles. The molecular weight excluding hydrogens is 266 g/mol. The highest BCUT2D eigenvalue weighted by molar-refractivity contribution is 7.89. The minimum absolute atomic E-state index is 0.0732. The van der Waals surface area contributed by atoms with Gasteiger partial charge in [0.25, 0.3) is 0 Å². The van der Waals surface area contributed by atoms with Crippen molar-refractivity contribution in [1.82, 2.24) is 4.72 Å². The van der Waals surface area contributed by atoms with Crippen LogP contribution in [0.5, 0.6) is 0 Å². The summed E-state index contributed by atoms with van der Waals surface area (Å²) in [6.07, 6.45) is 1.38. The molecule has 0 aliphatic carbocycles. The van der Waals surface area contributed by atoms with Crippen LogP contribution in [0.1, 0.15) is 24.0 Å². The minimum atomic E-state index is -3.54. The van der Waals surface area contributed by atoms with Crippen LogP contribution in [-0.4, -0.2) is 32.8 Å². The first-order valence-corrected chi connectivity index (χ1v) is 7.82. The molecule has 0 radical (unpaired) electrons. The molecule has 0 atom stereocenters. The second kappa shape index (κ2) is 6.00. The fraction of sp³-hybridized carbons (Fsp3) is 0.538. The Hall–Kier alpha value is -0.950. The first-order chi connectivity index (χ1) is 9.04. The number of sulfonamides is 1. The molecule has 0 unspecified atom stereocenters. The number of aliphatic hydroxyl groups is 1. The molecule has 1 aliphatic rings. The lowest BCUT2D eigenvalue weighted by Gasteiger charge is -2.23. The van der Waals surface area contributed by atoms with Gasteiger partial charge in [-0.2, -0.15) is 0 Å². The second-order valence-electron chi connectivity index (χ2n) is 4.71. The van der Waals surface area contributed by atoms with Gasteiger partial charge in [0, 0.05) is 19.3 Å². The van der Waals surface area contributed by atoms with Crippen molar-refractivity contribution >= 4 is 10.0 Å². The Morgan fingerprint density at radius 1 is 1.37 bits per heavy atom. The van der Waals surface area contributed by atoms with Gasteiger partial charge in [-0.1, -0.05) is 12.1 Å². The summed E-state index contributed by atoms with van der Waals surface area (Å²) >= 11 is 0. The van der Waals surface area contributed by atoms with Gasteiger partial charge in [-0.3, -0.25) is 0 Å². The highest BCUT2D eigenvalue weighted by atomic mass is 32.2. The van der Waals surface area contributed by atoms with Crippen LogP contribution in [0.25, 0.3) is 0 Å². The van der Waals surface area contributed by atoms with E-state index in [9.17, 15) is 13.5 Å². The summed E-state index contributed by atoms with van der Waals surface area (Å²) in [6.45, 7) is 2.72. The van der Waals surface area contributed by atoms with Crippen molar-refractivity contribution < 1.29 is 18.3 Å². The van der Waals surface area contributed by atoms with E-state index in [0.717, 1.165) is 0 Å². The van der Waals surface area contributed by atoms with Crippen molar-refractivity contribution in [2.75, 3.05) is 13.2 Å². The number of hydrogen-bond acceptors (Lipinski definition) is 4. The first-order valence-electron chi connectivity index (χ1n) is 6.34. The summed E-state index contributed by atoms with van der Waals surface area (Å²) in [6, 6.07) is 4.87. The van der Waals surface area contributed by atoms with Crippen LogP contribution in [0, 0.1) is 6.92 Å².